The molecule has 1 aliphatic carbocycles. The van der Waals surface area contributed by atoms with Crippen LogP contribution in [0.4, 0.5) is 0 Å². The van der Waals surface area contributed by atoms with Crippen LogP contribution in [-0.2, 0) is 9.59 Å². The second kappa shape index (κ2) is 5.93. The molecule has 0 aromatic carbocycles. The Morgan fingerprint density at radius 2 is 2.22 bits per heavy atom. The summed E-state index contributed by atoms with van der Waals surface area (Å²) < 4.78 is 0. The Balaban J connectivity index is 1.80. The second-order valence-corrected chi connectivity index (χ2v) is 6.33. The van der Waals surface area contributed by atoms with Gasteiger partial charge in [-0.25, -0.2) is 0 Å². The molecule has 1 atom stereocenters. The van der Waals surface area contributed by atoms with Crippen molar-refractivity contribution in [2.75, 3.05) is 18.1 Å². The number of thioether (sulfide) groups is 1. The quantitative estimate of drug-likeness (QED) is 0.683. The van der Waals surface area contributed by atoms with Gasteiger partial charge in [0.1, 0.15) is 0 Å². The minimum Gasteiger partial charge on any atom is -0.481 e. The van der Waals surface area contributed by atoms with Crippen LogP contribution in [0.25, 0.3) is 0 Å². The van der Waals surface area contributed by atoms with Crippen LogP contribution in [0.5, 0.6) is 0 Å². The molecule has 1 unspecified atom stereocenters. The average Bonchev–Trinajstić information content (AvgIpc) is 2.26. The summed E-state index contributed by atoms with van der Waals surface area (Å²) in [6.45, 7) is 0.947. The van der Waals surface area contributed by atoms with E-state index in [0.29, 0.717) is 6.42 Å². The number of rotatable bonds is 5. The van der Waals surface area contributed by atoms with Gasteiger partial charge in [0.05, 0.1) is 12.0 Å². The highest BCUT2D eigenvalue weighted by Crippen LogP contribution is 2.35. The summed E-state index contributed by atoms with van der Waals surface area (Å²) in [6.07, 6.45) is 3.08. The smallest absolute Gasteiger partial charge is 0.305 e. The fourth-order valence-corrected chi connectivity index (χ4v) is 3.51. The number of nitrogens with one attached hydrogen (secondary N) is 2. The maximum atomic E-state index is 11.9. The highest BCUT2D eigenvalue weighted by Gasteiger charge is 2.40. The van der Waals surface area contributed by atoms with Crippen molar-refractivity contribution in [2.45, 2.75) is 43.7 Å². The fraction of sp³-hybridized carbons (Fsp3) is 0.833. The summed E-state index contributed by atoms with van der Waals surface area (Å²) in [5.41, 5.74) is -0.468. The van der Waals surface area contributed by atoms with Gasteiger partial charge in [-0.1, -0.05) is 0 Å². The topological polar surface area (TPSA) is 78.4 Å². The van der Waals surface area contributed by atoms with E-state index >= 15 is 0 Å². The summed E-state index contributed by atoms with van der Waals surface area (Å²) >= 11 is 1.86. The van der Waals surface area contributed by atoms with Gasteiger partial charge < -0.3 is 15.7 Å². The molecular formula is C12H20N2O3S. The van der Waals surface area contributed by atoms with Crippen molar-refractivity contribution in [2.24, 2.45) is 0 Å². The predicted octanol–water partition coefficient (Wildman–Crippen LogP) is 0.595. The van der Waals surface area contributed by atoms with E-state index in [1.165, 1.54) is 0 Å². The van der Waals surface area contributed by atoms with Gasteiger partial charge in [-0.15, -0.1) is 0 Å². The lowest BCUT2D eigenvalue weighted by molar-refractivity contribution is -0.140. The minimum absolute atomic E-state index is 0.0176. The number of hydrogen-bond donors (Lipinski definition) is 3. The molecule has 102 valence electrons. The lowest BCUT2D eigenvalue weighted by Crippen LogP contribution is -2.55. The van der Waals surface area contributed by atoms with Gasteiger partial charge in [-0.2, -0.15) is 11.8 Å². The van der Waals surface area contributed by atoms with Crippen molar-refractivity contribution in [1.29, 1.82) is 0 Å². The number of amides is 1. The van der Waals surface area contributed by atoms with Crippen molar-refractivity contribution < 1.29 is 14.7 Å². The van der Waals surface area contributed by atoms with E-state index in [1.54, 1.807) is 0 Å². The van der Waals surface area contributed by atoms with Crippen molar-refractivity contribution in [3.8, 4) is 0 Å². The van der Waals surface area contributed by atoms with E-state index in [0.717, 1.165) is 37.3 Å². The molecule has 1 aliphatic heterocycles. The number of carbonyl (C=O) groups is 2. The molecule has 2 rings (SSSR count). The molecule has 5 nitrogen and oxygen atoms in total. The van der Waals surface area contributed by atoms with Gasteiger partial charge in [0.25, 0.3) is 0 Å². The standard InChI is InChI=1S/C12H20N2O3S/c15-10(6-9-8-18-5-4-13-9)14-12(2-1-3-12)7-11(16)17/h9,13H,1-8H2,(H,14,15)(H,16,17). The Labute approximate surface area is 111 Å². The third-order valence-corrected chi connectivity index (χ3v) is 4.77. The largest absolute Gasteiger partial charge is 0.481 e. The first-order valence-corrected chi connectivity index (χ1v) is 7.59. The summed E-state index contributed by atoms with van der Waals surface area (Å²) in [5.74, 6) is 1.21. The molecule has 6 heteroatoms. The van der Waals surface area contributed by atoms with Gasteiger partial charge >= 0.3 is 5.97 Å². The molecule has 0 aromatic rings. The van der Waals surface area contributed by atoms with Crippen LogP contribution in [0.2, 0.25) is 0 Å². The summed E-state index contributed by atoms with van der Waals surface area (Å²) in [7, 11) is 0. The predicted molar refractivity (Wildman–Crippen MR) is 70.7 cm³/mol. The van der Waals surface area contributed by atoms with Crippen LogP contribution in [0.3, 0.4) is 0 Å². The van der Waals surface area contributed by atoms with Gasteiger partial charge in [0.2, 0.25) is 5.91 Å². The molecule has 1 saturated carbocycles. The monoisotopic (exact) mass is 272 g/mol. The van der Waals surface area contributed by atoms with Crippen molar-refractivity contribution in [1.82, 2.24) is 10.6 Å². The highest BCUT2D eigenvalue weighted by molar-refractivity contribution is 7.99. The van der Waals surface area contributed by atoms with Crippen LogP contribution < -0.4 is 10.6 Å². The number of carboxylic acid groups (broad SMARTS) is 1. The van der Waals surface area contributed by atoms with Crippen LogP contribution in [0.1, 0.15) is 32.1 Å². The van der Waals surface area contributed by atoms with Gasteiger partial charge in [-0.05, 0) is 19.3 Å². The first kappa shape index (κ1) is 13.7. The second-order valence-electron chi connectivity index (χ2n) is 5.18. The fourth-order valence-electron chi connectivity index (χ4n) is 2.56. The normalized spacial score (nSPS) is 26.1. The molecule has 0 radical (unpaired) electrons. The van der Waals surface area contributed by atoms with E-state index in [9.17, 15) is 9.59 Å². The molecule has 2 aliphatic rings. The molecule has 2 fully saturated rings. The first-order valence-electron chi connectivity index (χ1n) is 6.44. The number of aliphatic carboxylic acids is 1. The number of carbonyl (C=O) groups excluding carboxylic acids is 1. The van der Waals surface area contributed by atoms with E-state index in [-0.39, 0.29) is 18.4 Å². The van der Waals surface area contributed by atoms with Gasteiger partial charge in [0, 0.05) is 30.5 Å². The van der Waals surface area contributed by atoms with E-state index in [1.807, 2.05) is 11.8 Å². The highest BCUT2D eigenvalue weighted by atomic mass is 32.2. The maximum Gasteiger partial charge on any atom is 0.305 e. The van der Waals surface area contributed by atoms with E-state index in [2.05, 4.69) is 10.6 Å². The molecule has 0 aromatic heterocycles. The molecule has 1 heterocycles. The third kappa shape index (κ3) is 3.62. The Morgan fingerprint density at radius 1 is 1.44 bits per heavy atom. The van der Waals surface area contributed by atoms with E-state index in [4.69, 9.17) is 5.11 Å². The van der Waals surface area contributed by atoms with Crippen molar-refractivity contribution in [3.05, 3.63) is 0 Å². The SMILES string of the molecule is O=C(O)CC1(NC(=O)CC2CSCCN2)CCC1. The summed E-state index contributed by atoms with van der Waals surface area (Å²) in [5, 5.41) is 15.1. The van der Waals surface area contributed by atoms with E-state index < -0.39 is 11.5 Å². The van der Waals surface area contributed by atoms with Gasteiger partial charge in [-0.3, -0.25) is 9.59 Å². The zero-order valence-corrected chi connectivity index (χ0v) is 11.2. The molecule has 3 N–H and O–H groups in total. The van der Waals surface area contributed by atoms with Crippen LogP contribution >= 0.6 is 11.8 Å². The molecule has 1 saturated heterocycles. The molecule has 0 bridgehead atoms. The van der Waals surface area contributed by atoms with Crippen molar-refractivity contribution >= 4 is 23.6 Å². The number of hydrogen-bond acceptors (Lipinski definition) is 4. The van der Waals surface area contributed by atoms with Crippen molar-refractivity contribution in [3.63, 3.8) is 0 Å². The molecule has 0 spiro atoms. The van der Waals surface area contributed by atoms with Crippen LogP contribution in [0.15, 0.2) is 0 Å². The Kier molecular flexibility index (Phi) is 4.50. The molecular weight excluding hydrogens is 252 g/mol. The Morgan fingerprint density at radius 3 is 2.72 bits per heavy atom. The lowest BCUT2D eigenvalue weighted by Gasteiger charge is -2.41. The lowest BCUT2D eigenvalue weighted by atomic mass is 9.74. The van der Waals surface area contributed by atoms with Crippen LogP contribution in [0, 0.1) is 0 Å². The Hall–Kier alpha value is -0.750. The minimum atomic E-state index is -0.832. The zero-order valence-electron chi connectivity index (χ0n) is 10.4. The molecule has 1 amide bonds. The molecule has 18 heavy (non-hydrogen) atoms. The average molecular weight is 272 g/mol. The summed E-state index contributed by atoms with van der Waals surface area (Å²) in [4.78, 5) is 22.8. The van der Waals surface area contributed by atoms with Gasteiger partial charge in [0.15, 0.2) is 0 Å². The summed E-state index contributed by atoms with van der Waals surface area (Å²) in [6, 6.07) is 0.228. The maximum absolute atomic E-state index is 11.9. The first-order chi connectivity index (χ1) is 8.60. The zero-order chi connectivity index (χ0) is 13.0. The number of carboxylic acids is 1. The Bertz CT molecular complexity index is 325. The third-order valence-electron chi connectivity index (χ3n) is 3.64. The van der Waals surface area contributed by atoms with Crippen LogP contribution in [-0.4, -0.2) is 46.6 Å².